The highest BCUT2D eigenvalue weighted by Crippen LogP contribution is 2.23. The van der Waals surface area contributed by atoms with Crippen molar-refractivity contribution in [1.29, 1.82) is 0 Å². The summed E-state index contributed by atoms with van der Waals surface area (Å²) < 4.78 is 4.71. The number of likely N-dealkylation sites (N-methyl/N-ethyl adjacent to an activating group) is 1. The molecule has 0 saturated heterocycles. The maximum Gasteiger partial charge on any atom is 0.325 e. The number of hydrogen-bond acceptors (Lipinski definition) is 5. The summed E-state index contributed by atoms with van der Waals surface area (Å²) in [5, 5.41) is 18.6. The van der Waals surface area contributed by atoms with Gasteiger partial charge in [-0.1, -0.05) is 0 Å². The molecule has 0 heterocycles. The molecule has 0 fully saturated rings. The number of ether oxygens (including phenoxy) is 1. The van der Waals surface area contributed by atoms with Crippen LogP contribution < -0.4 is 0 Å². The Bertz CT molecular complexity index is 458. The first-order valence-electron chi connectivity index (χ1n) is 5.38. The minimum absolute atomic E-state index is 0.0135. The number of amides is 1. The van der Waals surface area contributed by atoms with Gasteiger partial charge < -0.3 is 19.8 Å². The summed E-state index contributed by atoms with van der Waals surface area (Å²) in [6.07, 6.45) is 0. The number of aromatic hydroxyl groups is 2. The Morgan fingerprint density at radius 1 is 1.33 bits per heavy atom. The Hall–Kier alpha value is -2.24. The number of hydrogen-bond donors (Lipinski definition) is 2. The van der Waals surface area contributed by atoms with E-state index in [1.54, 1.807) is 6.92 Å². The van der Waals surface area contributed by atoms with Crippen LogP contribution in [0, 0.1) is 0 Å². The van der Waals surface area contributed by atoms with Crippen LogP contribution in [0.1, 0.15) is 17.3 Å². The molecule has 1 amide bonds. The van der Waals surface area contributed by atoms with Crippen LogP contribution >= 0.6 is 0 Å². The number of esters is 1. The Morgan fingerprint density at radius 3 is 2.56 bits per heavy atom. The summed E-state index contributed by atoms with van der Waals surface area (Å²) in [6, 6.07) is 3.63. The minimum Gasteiger partial charge on any atom is -0.508 e. The van der Waals surface area contributed by atoms with E-state index in [0.717, 1.165) is 11.0 Å². The predicted molar refractivity (Wildman–Crippen MR) is 63.4 cm³/mol. The van der Waals surface area contributed by atoms with E-state index in [9.17, 15) is 14.7 Å². The number of phenols is 2. The molecule has 0 saturated carbocycles. The van der Waals surface area contributed by atoms with Gasteiger partial charge in [0, 0.05) is 13.1 Å². The van der Waals surface area contributed by atoms with Crippen LogP contribution in [0.2, 0.25) is 0 Å². The summed E-state index contributed by atoms with van der Waals surface area (Å²) in [4.78, 5) is 24.2. The lowest BCUT2D eigenvalue weighted by Gasteiger charge is -2.16. The highest BCUT2D eigenvalue weighted by molar-refractivity contribution is 5.98. The number of carbonyl (C=O) groups excluding carboxylic acids is 2. The summed E-state index contributed by atoms with van der Waals surface area (Å²) in [6.45, 7) is 1.71. The first-order chi connectivity index (χ1) is 8.45. The van der Waals surface area contributed by atoms with Gasteiger partial charge in [0.1, 0.15) is 18.0 Å². The van der Waals surface area contributed by atoms with Gasteiger partial charge in [-0.3, -0.25) is 9.59 Å². The van der Waals surface area contributed by atoms with Crippen molar-refractivity contribution < 1.29 is 24.5 Å². The van der Waals surface area contributed by atoms with Crippen molar-refractivity contribution >= 4 is 11.9 Å². The molecule has 2 N–H and O–H groups in total. The van der Waals surface area contributed by atoms with Gasteiger partial charge in [-0.25, -0.2) is 0 Å². The summed E-state index contributed by atoms with van der Waals surface area (Å²) in [7, 11) is 1.42. The number of carbonyl (C=O) groups is 2. The van der Waals surface area contributed by atoms with E-state index in [2.05, 4.69) is 0 Å². The quantitative estimate of drug-likeness (QED) is 0.772. The lowest BCUT2D eigenvalue weighted by Crippen LogP contribution is -2.33. The third-order valence-electron chi connectivity index (χ3n) is 2.23. The van der Waals surface area contributed by atoms with Crippen LogP contribution in [-0.2, 0) is 9.53 Å². The lowest BCUT2D eigenvalue weighted by molar-refractivity contribution is -0.143. The molecule has 0 aliphatic carbocycles. The third kappa shape index (κ3) is 3.38. The van der Waals surface area contributed by atoms with Gasteiger partial charge in [-0.05, 0) is 19.1 Å². The maximum absolute atomic E-state index is 11.9. The molecule has 0 aliphatic rings. The summed E-state index contributed by atoms with van der Waals surface area (Å²) in [5.41, 5.74) is 0.0135. The molecular formula is C12H15NO5. The smallest absolute Gasteiger partial charge is 0.325 e. The molecule has 1 rings (SSSR count). The van der Waals surface area contributed by atoms with Crippen molar-refractivity contribution in [3.63, 3.8) is 0 Å². The predicted octanol–water partition coefficient (Wildman–Crippen LogP) is 0.733. The molecule has 6 nitrogen and oxygen atoms in total. The fourth-order valence-electron chi connectivity index (χ4n) is 1.38. The van der Waals surface area contributed by atoms with E-state index in [4.69, 9.17) is 9.84 Å². The van der Waals surface area contributed by atoms with E-state index < -0.39 is 11.9 Å². The van der Waals surface area contributed by atoms with E-state index >= 15 is 0 Å². The monoisotopic (exact) mass is 253 g/mol. The third-order valence-corrected chi connectivity index (χ3v) is 2.23. The molecule has 0 atom stereocenters. The van der Waals surface area contributed by atoms with Gasteiger partial charge in [0.25, 0.3) is 5.91 Å². The standard InChI is InChI=1S/C12H15NO5/c1-3-18-11(16)7-13(2)12(17)9-5-4-8(14)6-10(9)15/h4-6,14-15H,3,7H2,1-2H3. The van der Waals surface area contributed by atoms with E-state index in [-0.39, 0.29) is 30.2 Å². The van der Waals surface area contributed by atoms with Crippen molar-refractivity contribution in [1.82, 2.24) is 4.90 Å². The zero-order valence-electron chi connectivity index (χ0n) is 10.2. The number of phenolic OH excluding ortho intramolecular Hbond substituents is 2. The lowest BCUT2D eigenvalue weighted by atomic mass is 10.1. The van der Waals surface area contributed by atoms with E-state index in [1.807, 2.05) is 0 Å². The van der Waals surface area contributed by atoms with Gasteiger partial charge >= 0.3 is 5.97 Å². The van der Waals surface area contributed by atoms with Crippen LogP contribution in [0.25, 0.3) is 0 Å². The molecule has 98 valence electrons. The number of rotatable bonds is 4. The molecule has 1 aromatic carbocycles. The van der Waals surface area contributed by atoms with Gasteiger partial charge in [0.15, 0.2) is 0 Å². The molecule has 18 heavy (non-hydrogen) atoms. The molecule has 0 aliphatic heterocycles. The van der Waals surface area contributed by atoms with Crippen molar-refractivity contribution in [2.24, 2.45) is 0 Å². The van der Waals surface area contributed by atoms with Gasteiger partial charge in [0.05, 0.1) is 12.2 Å². The van der Waals surface area contributed by atoms with Crippen molar-refractivity contribution in [2.45, 2.75) is 6.92 Å². The first kappa shape index (κ1) is 13.8. The van der Waals surface area contributed by atoms with Crippen LogP contribution in [-0.4, -0.2) is 47.2 Å². The molecule has 0 bridgehead atoms. The molecule has 0 radical (unpaired) electrons. The van der Waals surface area contributed by atoms with Crippen molar-refractivity contribution in [2.75, 3.05) is 20.2 Å². The molecule has 0 unspecified atom stereocenters. The molecule has 0 aromatic heterocycles. The molecule has 0 spiro atoms. The summed E-state index contributed by atoms with van der Waals surface area (Å²) >= 11 is 0. The van der Waals surface area contributed by atoms with Gasteiger partial charge in [0.2, 0.25) is 0 Å². The van der Waals surface area contributed by atoms with Crippen LogP contribution in [0.5, 0.6) is 11.5 Å². The van der Waals surface area contributed by atoms with Crippen LogP contribution in [0.4, 0.5) is 0 Å². The Labute approximate surface area is 104 Å². The molecular weight excluding hydrogens is 238 g/mol. The van der Waals surface area contributed by atoms with E-state index in [0.29, 0.717) is 0 Å². The fourth-order valence-corrected chi connectivity index (χ4v) is 1.38. The number of nitrogens with zero attached hydrogens (tertiary/aromatic N) is 1. The second kappa shape index (κ2) is 5.90. The van der Waals surface area contributed by atoms with Crippen molar-refractivity contribution in [3.05, 3.63) is 23.8 Å². The van der Waals surface area contributed by atoms with Crippen molar-refractivity contribution in [3.8, 4) is 11.5 Å². The Kier molecular flexibility index (Phi) is 4.53. The minimum atomic E-state index is -0.527. The average molecular weight is 253 g/mol. The zero-order chi connectivity index (χ0) is 13.7. The highest BCUT2D eigenvalue weighted by Gasteiger charge is 2.18. The largest absolute Gasteiger partial charge is 0.508 e. The van der Waals surface area contributed by atoms with Crippen LogP contribution in [0.3, 0.4) is 0 Å². The first-order valence-corrected chi connectivity index (χ1v) is 5.38. The summed E-state index contributed by atoms with van der Waals surface area (Å²) in [5.74, 6) is -1.53. The Balaban J connectivity index is 2.77. The van der Waals surface area contributed by atoms with Gasteiger partial charge in [-0.15, -0.1) is 0 Å². The molecule has 6 heteroatoms. The SMILES string of the molecule is CCOC(=O)CN(C)C(=O)c1ccc(O)cc1O. The van der Waals surface area contributed by atoms with Crippen LogP contribution in [0.15, 0.2) is 18.2 Å². The zero-order valence-corrected chi connectivity index (χ0v) is 10.2. The molecule has 1 aromatic rings. The topological polar surface area (TPSA) is 87.1 Å². The maximum atomic E-state index is 11.9. The fraction of sp³-hybridized carbons (Fsp3) is 0.333. The van der Waals surface area contributed by atoms with E-state index in [1.165, 1.54) is 19.2 Å². The Morgan fingerprint density at radius 2 is 2.00 bits per heavy atom. The second-order valence-corrected chi connectivity index (χ2v) is 3.67. The van der Waals surface area contributed by atoms with Gasteiger partial charge in [-0.2, -0.15) is 0 Å². The average Bonchev–Trinajstić information content (AvgIpc) is 2.28. The highest BCUT2D eigenvalue weighted by atomic mass is 16.5. The second-order valence-electron chi connectivity index (χ2n) is 3.67. The normalized spacial score (nSPS) is 9.89. The number of benzene rings is 1.